The van der Waals surface area contributed by atoms with E-state index in [1.807, 2.05) is 0 Å². The SMILES string of the molecule is CCC1CCC(O)(CNc2ccncc2[N+](=O)[O-])CC1. The molecule has 6 heteroatoms. The van der Waals surface area contributed by atoms with Crippen molar-refractivity contribution in [1.82, 2.24) is 4.98 Å². The summed E-state index contributed by atoms with van der Waals surface area (Å²) in [5.41, 5.74) is -0.405. The van der Waals surface area contributed by atoms with Gasteiger partial charge in [0.2, 0.25) is 0 Å². The molecular weight excluding hydrogens is 258 g/mol. The van der Waals surface area contributed by atoms with Crippen molar-refractivity contribution in [3.05, 3.63) is 28.6 Å². The molecule has 0 saturated heterocycles. The number of aromatic nitrogens is 1. The number of hydrogen-bond acceptors (Lipinski definition) is 5. The van der Waals surface area contributed by atoms with Crippen molar-refractivity contribution in [3.8, 4) is 0 Å². The lowest BCUT2D eigenvalue weighted by atomic mass is 9.78. The number of hydrogen-bond donors (Lipinski definition) is 2. The van der Waals surface area contributed by atoms with Crippen LogP contribution in [0.2, 0.25) is 0 Å². The Bertz CT molecular complexity index is 470. The van der Waals surface area contributed by atoms with E-state index < -0.39 is 10.5 Å². The van der Waals surface area contributed by atoms with Crippen molar-refractivity contribution >= 4 is 11.4 Å². The maximum atomic E-state index is 10.9. The van der Waals surface area contributed by atoms with Crippen LogP contribution in [-0.2, 0) is 0 Å². The fourth-order valence-corrected chi connectivity index (χ4v) is 2.74. The molecule has 1 fully saturated rings. The van der Waals surface area contributed by atoms with E-state index >= 15 is 0 Å². The number of nitrogens with zero attached hydrogens (tertiary/aromatic N) is 2. The first-order valence-corrected chi connectivity index (χ1v) is 7.09. The van der Waals surface area contributed by atoms with Gasteiger partial charge in [-0.2, -0.15) is 0 Å². The molecule has 1 aliphatic rings. The molecule has 0 spiro atoms. The van der Waals surface area contributed by atoms with Gasteiger partial charge >= 0.3 is 5.69 Å². The Morgan fingerprint density at radius 2 is 2.25 bits per heavy atom. The third-order valence-corrected chi connectivity index (χ3v) is 4.22. The lowest BCUT2D eigenvalue weighted by molar-refractivity contribution is -0.384. The second kappa shape index (κ2) is 6.17. The summed E-state index contributed by atoms with van der Waals surface area (Å²) in [7, 11) is 0. The molecule has 1 aromatic rings. The molecule has 0 aromatic carbocycles. The summed E-state index contributed by atoms with van der Waals surface area (Å²) in [5, 5.41) is 24.4. The zero-order valence-corrected chi connectivity index (χ0v) is 11.7. The largest absolute Gasteiger partial charge is 0.388 e. The van der Waals surface area contributed by atoms with Crippen molar-refractivity contribution < 1.29 is 10.0 Å². The number of anilines is 1. The monoisotopic (exact) mass is 279 g/mol. The number of nitro groups is 1. The van der Waals surface area contributed by atoms with Crippen LogP contribution < -0.4 is 5.32 Å². The molecule has 110 valence electrons. The van der Waals surface area contributed by atoms with E-state index in [-0.39, 0.29) is 5.69 Å². The fraction of sp³-hybridized carbons (Fsp3) is 0.643. The van der Waals surface area contributed by atoms with Crippen LogP contribution in [0.25, 0.3) is 0 Å². The van der Waals surface area contributed by atoms with Crippen LogP contribution >= 0.6 is 0 Å². The van der Waals surface area contributed by atoms with Gasteiger partial charge in [0.05, 0.1) is 10.5 Å². The van der Waals surface area contributed by atoms with E-state index in [4.69, 9.17) is 0 Å². The third kappa shape index (κ3) is 3.45. The predicted octanol–water partition coefficient (Wildman–Crippen LogP) is 2.73. The first-order valence-electron chi connectivity index (χ1n) is 7.09. The topological polar surface area (TPSA) is 88.3 Å². The van der Waals surface area contributed by atoms with Crippen LogP contribution in [0, 0.1) is 16.0 Å². The Morgan fingerprint density at radius 1 is 1.55 bits per heavy atom. The maximum Gasteiger partial charge on any atom is 0.310 e. The Morgan fingerprint density at radius 3 is 2.85 bits per heavy atom. The van der Waals surface area contributed by atoms with Gasteiger partial charge in [0.25, 0.3) is 0 Å². The molecule has 1 heterocycles. The average Bonchev–Trinajstić information content (AvgIpc) is 2.46. The average molecular weight is 279 g/mol. The third-order valence-electron chi connectivity index (χ3n) is 4.22. The van der Waals surface area contributed by atoms with Gasteiger partial charge in [0, 0.05) is 12.7 Å². The highest BCUT2D eigenvalue weighted by Gasteiger charge is 2.32. The highest BCUT2D eigenvalue weighted by Crippen LogP contribution is 2.34. The molecular formula is C14H21N3O3. The minimum absolute atomic E-state index is 0.0571. The fourth-order valence-electron chi connectivity index (χ4n) is 2.74. The molecule has 1 aromatic heterocycles. The number of aliphatic hydroxyl groups is 1. The molecule has 1 saturated carbocycles. The molecule has 0 amide bonds. The highest BCUT2D eigenvalue weighted by molar-refractivity contribution is 5.59. The second-order valence-corrected chi connectivity index (χ2v) is 5.58. The molecule has 2 rings (SSSR count). The quantitative estimate of drug-likeness (QED) is 0.639. The van der Waals surface area contributed by atoms with Gasteiger partial charge < -0.3 is 10.4 Å². The molecule has 20 heavy (non-hydrogen) atoms. The molecule has 0 aliphatic heterocycles. The molecule has 1 aliphatic carbocycles. The number of nitrogens with one attached hydrogen (secondary N) is 1. The van der Waals surface area contributed by atoms with E-state index in [0.29, 0.717) is 18.2 Å². The summed E-state index contributed by atoms with van der Waals surface area (Å²) in [6.45, 7) is 2.52. The normalized spacial score (nSPS) is 26.2. The highest BCUT2D eigenvalue weighted by atomic mass is 16.6. The standard InChI is InChI=1S/C14H21N3O3/c1-2-11-3-6-14(18,7-4-11)10-16-12-5-8-15-9-13(12)17(19)20/h5,8-9,11,18H,2-4,6-7,10H2,1H3,(H,15,16). The van der Waals surface area contributed by atoms with Crippen LogP contribution in [-0.4, -0.2) is 27.2 Å². The van der Waals surface area contributed by atoms with Crippen molar-refractivity contribution in [1.29, 1.82) is 0 Å². The van der Waals surface area contributed by atoms with Crippen LogP contribution in [0.4, 0.5) is 11.4 Å². The number of pyridine rings is 1. The van der Waals surface area contributed by atoms with Gasteiger partial charge in [-0.25, -0.2) is 0 Å². The van der Waals surface area contributed by atoms with E-state index in [9.17, 15) is 15.2 Å². The smallest absolute Gasteiger partial charge is 0.310 e. The lowest BCUT2D eigenvalue weighted by Gasteiger charge is -2.36. The van der Waals surface area contributed by atoms with Crippen LogP contribution in [0.1, 0.15) is 39.0 Å². The summed E-state index contributed by atoms with van der Waals surface area (Å²) >= 11 is 0. The molecule has 6 nitrogen and oxygen atoms in total. The Hall–Kier alpha value is -1.69. The molecule has 0 unspecified atom stereocenters. The molecule has 0 bridgehead atoms. The Balaban J connectivity index is 1.97. The van der Waals surface area contributed by atoms with Gasteiger partial charge in [0.1, 0.15) is 11.9 Å². The molecule has 2 N–H and O–H groups in total. The van der Waals surface area contributed by atoms with Crippen molar-refractivity contribution in [3.63, 3.8) is 0 Å². The van der Waals surface area contributed by atoms with Gasteiger partial charge in [-0.05, 0) is 37.7 Å². The van der Waals surface area contributed by atoms with Crippen molar-refractivity contribution in [2.45, 2.75) is 44.6 Å². The second-order valence-electron chi connectivity index (χ2n) is 5.58. The summed E-state index contributed by atoms with van der Waals surface area (Å²) in [5.74, 6) is 0.700. The minimum atomic E-state index is -0.761. The van der Waals surface area contributed by atoms with E-state index in [0.717, 1.165) is 32.1 Å². The van der Waals surface area contributed by atoms with E-state index in [1.165, 1.54) is 12.4 Å². The maximum absolute atomic E-state index is 10.9. The predicted molar refractivity (Wildman–Crippen MR) is 76.6 cm³/mol. The van der Waals surface area contributed by atoms with Gasteiger partial charge in [-0.1, -0.05) is 13.3 Å². The lowest BCUT2D eigenvalue weighted by Crippen LogP contribution is -2.40. The van der Waals surface area contributed by atoms with Gasteiger partial charge in [-0.3, -0.25) is 15.1 Å². The Kier molecular flexibility index (Phi) is 4.54. The molecule has 0 atom stereocenters. The minimum Gasteiger partial charge on any atom is -0.388 e. The van der Waals surface area contributed by atoms with Crippen molar-refractivity contribution in [2.75, 3.05) is 11.9 Å². The zero-order chi connectivity index (χ0) is 14.6. The number of rotatable bonds is 5. The van der Waals surface area contributed by atoms with Crippen LogP contribution in [0.3, 0.4) is 0 Å². The van der Waals surface area contributed by atoms with E-state index in [2.05, 4.69) is 17.2 Å². The van der Waals surface area contributed by atoms with Gasteiger partial charge in [-0.15, -0.1) is 0 Å². The summed E-state index contributed by atoms with van der Waals surface area (Å²) in [6, 6.07) is 1.57. The van der Waals surface area contributed by atoms with Crippen LogP contribution in [0.5, 0.6) is 0 Å². The Labute approximate surface area is 118 Å². The summed E-state index contributed by atoms with van der Waals surface area (Å²) < 4.78 is 0. The van der Waals surface area contributed by atoms with Crippen molar-refractivity contribution in [2.24, 2.45) is 5.92 Å². The van der Waals surface area contributed by atoms with E-state index in [1.54, 1.807) is 6.07 Å². The first-order chi connectivity index (χ1) is 9.54. The summed E-state index contributed by atoms with van der Waals surface area (Å²) in [4.78, 5) is 14.2. The first kappa shape index (κ1) is 14.7. The zero-order valence-electron chi connectivity index (χ0n) is 11.7. The summed E-state index contributed by atoms with van der Waals surface area (Å²) in [6.07, 6.45) is 7.42. The molecule has 0 radical (unpaired) electrons. The van der Waals surface area contributed by atoms with Gasteiger partial charge in [0.15, 0.2) is 0 Å². The van der Waals surface area contributed by atoms with Crippen LogP contribution in [0.15, 0.2) is 18.5 Å².